The highest BCUT2D eigenvalue weighted by atomic mass is 19.1. The Morgan fingerprint density at radius 1 is 1.32 bits per heavy atom. The van der Waals surface area contributed by atoms with Gasteiger partial charge in [0.2, 0.25) is 0 Å². The highest BCUT2D eigenvalue weighted by molar-refractivity contribution is 5.78. The van der Waals surface area contributed by atoms with E-state index in [4.69, 9.17) is 9.47 Å². The third-order valence-electron chi connectivity index (χ3n) is 4.76. The molecule has 1 fully saturated rings. The van der Waals surface area contributed by atoms with E-state index in [1.807, 2.05) is 24.3 Å². The lowest BCUT2D eigenvalue weighted by Crippen LogP contribution is -2.50. The molecular weight excluding hydrogens is 359 g/mol. The summed E-state index contributed by atoms with van der Waals surface area (Å²) >= 11 is 0. The Kier molecular flexibility index (Phi) is 6.66. The second-order valence-electron chi connectivity index (χ2n) is 6.63. The summed E-state index contributed by atoms with van der Waals surface area (Å²) in [6.07, 6.45) is 2.54. The van der Waals surface area contributed by atoms with Crippen LogP contribution in [-0.2, 0) is 11.2 Å². The molecule has 0 radical (unpaired) electrons. The molecule has 0 bridgehead atoms. The zero-order valence-corrected chi connectivity index (χ0v) is 16.0. The number of piperazine rings is 1. The van der Waals surface area contributed by atoms with E-state index in [-0.39, 0.29) is 24.4 Å². The lowest BCUT2D eigenvalue weighted by Gasteiger charge is -2.36. The molecule has 1 N–H and O–H groups in total. The smallest absolute Gasteiger partial charge is 0.261 e. The molecular formula is C22H25FN2O3. The van der Waals surface area contributed by atoms with Gasteiger partial charge >= 0.3 is 0 Å². The summed E-state index contributed by atoms with van der Waals surface area (Å²) in [5, 5.41) is 3.26. The summed E-state index contributed by atoms with van der Waals surface area (Å²) in [5.74, 6) is 0.638. The van der Waals surface area contributed by atoms with E-state index in [0.29, 0.717) is 31.1 Å². The standard InChI is InChI=1S/C22H25FN2O3/c1-3-5-16-8-9-20(21(12-16)27-2)28-15-22(26)25-11-10-24-14-19(25)17-6-4-7-18(23)13-17/h3-4,6-9,12-13,19,24H,1,5,10-11,14-15H2,2H3. The molecule has 1 amide bonds. The van der Waals surface area contributed by atoms with Crippen molar-refractivity contribution in [1.82, 2.24) is 10.2 Å². The summed E-state index contributed by atoms with van der Waals surface area (Å²) in [6, 6.07) is 11.7. The monoisotopic (exact) mass is 384 g/mol. The third kappa shape index (κ3) is 4.70. The number of methoxy groups -OCH3 is 1. The topological polar surface area (TPSA) is 50.8 Å². The Hall–Kier alpha value is -2.86. The number of halogens is 1. The number of carbonyl (C=O) groups excluding carboxylic acids is 1. The Labute approximate surface area is 164 Å². The molecule has 1 aliphatic heterocycles. The predicted octanol–water partition coefficient (Wildman–Crippen LogP) is 3.11. The second-order valence-corrected chi connectivity index (χ2v) is 6.63. The van der Waals surface area contributed by atoms with Crippen molar-refractivity contribution in [2.75, 3.05) is 33.4 Å². The van der Waals surface area contributed by atoms with Crippen molar-refractivity contribution in [3.05, 3.63) is 72.1 Å². The number of nitrogens with zero attached hydrogens (tertiary/aromatic N) is 1. The zero-order chi connectivity index (χ0) is 19.9. The van der Waals surface area contributed by atoms with Crippen molar-refractivity contribution >= 4 is 5.91 Å². The molecule has 1 unspecified atom stereocenters. The van der Waals surface area contributed by atoms with Crippen LogP contribution in [0.15, 0.2) is 55.1 Å². The first-order valence-corrected chi connectivity index (χ1v) is 9.28. The fraction of sp³-hybridized carbons (Fsp3) is 0.318. The molecule has 2 aromatic rings. The van der Waals surface area contributed by atoms with Crippen molar-refractivity contribution in [1.29, 1.82) is 0 Å². The van der Waals surface area contributed by atoms with E-state index < -0.39 is 0 Å². The molecule has 1 heterocycles. The van der Waals surface area contributed by atoms with E-state index in [1.165, 1.54) is 12.1 Å². The maximum atomic E-state index is 13.6. The highest BCUT2D eigenvalue weighted by Crippen LogP contribution is 2.29. The van der Waals surface area contributed by atoms with E-state index in [0.717, 1.165) is 17.5 Å². The molecule has 2 aromatic carbocycles. The van der Waals surface area contributed by atoms with Crippen LogP contribution in [0, 0.1) is 5.82 Å². The number of hydrogen-bond acceptors (Lipinski definition) is 4. The minimum absolute atomic E-state index is 0.108. The van der Waals surface area contributed by atoms with Crippen LogP contribution in [0.25, 0.3) is 0 Å². The van der Waals surface area contributed by atoms with Gasteiger partial charge in [0.25, 0.3) is 5.91 Å². The number of amides is 1. The van der Waals surface area contributed by atoms with Gasteiger partial charge in [-0.3, -0.25) is 4.79 Å². The molecule has 148 valence electrons. The summed E-state index contributed by atoms with van der Waals surface area (Å²) in [4.78, 5) is 14.6. The average Bonchev–Trinajstić information content (AvgIpc) is 2.72. The average molecular weight is 384 g/mol. The molecule has 3 rings (SSSR count). The minimum Gasteiger partial charge on any atom is -0.493 e. The summed E-state index contributed by atoms with van der Waals surface area (Å²) in [5.41, 5.74) is 1.82. The Balaban J connectivity index is 1.70. The fourth-order valence-corrected chi connectivity index (χ4v) is 3.36. The largest absolute Gasteiger partial charge is 0.493 e. The molecule has 28 heavy (non-hydrogen) atoms. The summed E-state index contributed by atoms with van der Waals surface area (Å²) < 4.78 is 24.7. The van der Waals surface area contributed by atoms with Crippen LogP contribution < -0.4 is 14.8 Å². The first kappa shape index (κ1) is 19.9. The molecule has 0 spiro atoms. The number of nitrogens with one attached hydrogen (secondary N) is 1. The highest BCUT2D eigenvalue weighted by Gasteiger charge is 2.28. The summed E-state index contributed by atoms with van der Waals surface area (Å²) in [7, 11) is 1.57. The lowest BCUT2D eigenvalue weighted by molar-refractivity contribution is -0.136. The van der Waals surface area contributed by atoms with Crippen LogP contribution >= 0.6 is 0 Å². The number of allylic oxidation sites excluding steroid dienone is 1. The van der Waals surface area contributed by atoms with Gasteiger partial charge < -0.3 is 19.7 Å². The lowest BCUT2D eigenvalue weighted by atomic mass is 10.0. The fourth-order valence-electron chi connectivity index (χ4n) is 3.36. The number of carbonyl (C=O) groups is 1. The summed E-state index contributed by atoms with van der Waals surface area (Å²) in [6.45, 7) is 5.43. The quantitative estimate of drug-likeness (QED) is 0.746. The predicted molar refractivity (Wildman–Crippen MR) is 106 cm³/mol. The van der Waals surface area contributed by atoms with Gasteiger partial charge in [-0.1, -0.05) is 24.3 Å². The maximum absolute atomic E-state index is 13.6. The number of rotatable bonds is 7. The Morgan fingerprint density at radius 3 is 2.93 bits per heavy atom. The van der Waals surface area contributed by atoms with Crippen LogP contribution in [0.4, 0.5) is 4.39 Å². The second kappa shape index (κ2) is 9.37. The molecule has 1 atom stereocenters. The van der Waals surface area contributed by atoms with Crippen LogP contribution in [0.1, 0.15) is 17.2 Å². The van der Waals surface area contributed by atoms with Crippen molar-refractivity contribution in [3.63, 3.8) is 0 Å². The maximum Gasteiger partial charge on any atom is 0.261 e. The SMILES string of the molecule is C=CCc1ccc(OCC(=O)N2CCNCC2c2cccc(F)c2)c(OC)c1. The van der Waals surface area contributed by atoms with E-state index in [2.05, 4.69) is 11.9 Å². The normalized spacial score (nSPS) is 16.5. The molecule has 1 saturated heterocycles. The van der Waals surface area contributed by atoms with E-state index >= 15 is 0 Å². The van der Waals surface area contributed by atoms with Gasteiger partial charge in [-0.25, -0.2) is 4.39 Å². The van der Waals surface area contributed by atoms with Gasteiger partial charge in [0.1, 0.15) is 5.82 Å². The van der Waals surface area contributed by atoms with Crippen molar-refractivity contribution in [2.24, 2.45) is 0 Å². The first-order chi connectivity index (χ1) is 13.6. The van der Waals surface area contributed by atoms with Crippen LogP contribution in [0.3, 0.4) is 0 Å². The Bertz CT molecular complexity index is 840. The molecule has 1 aliphatic rings. The zero-order valence-electron chi connectivity index (χ0n) is 16.0. The van der Waals surface area contributed by atoms with Gasteiger partial charge in [0.15, 0.2) is 18.1 Å². The number of benzene rings is 2. The van der Waals surface area contributed by atoms with Crippen molar-refractivity contribution in [3.8, 4) is 11.5 Å². The van der Waals surface area contributed by atoms with Gasteiger partial charge in [-0.2, -0.15) is 0 Å². The number of ether oxygens (including phenoxy) is 2. The molecule has 0 aliphatic carbocycles. The molecule has 0 saturated carbocycles. The van der Waals surface area contributed by atoms with Gasteiger partial charge in [0, 0.05) is 19.6 Å². The van der Waals surface area contributed by atoms with Crippen molar-refractivity contribution in [2.45, 2.75) is 12.5 Å². The van der Waals surface area contributed by atoms with Gasteiger partial charge in [-0.05, 0) is 41.8 Å². The van der Waals surface area contributed by atoms with E-state index in [9.17, 15) is 9.18 Å². The molecule has 5 nitrogen and oxygen atoms in total. The first-order valence-electron chi connectivity index (χ1n) is 9.28. The third-order valence-corrected chi connectivity index (χ3v) is 4.76. The minimum atomic E-state index is -0.309. The van der Waals surface area contributed by atoms with Gasteiger partial charge in [-0.15, -0.1) is 6.58 Å². The van der Waals surface area contributed by atoms with E-state index in [1.54, 1.807) is 24.1 Å². The van der Waals surface area contributed by atoms with Gasteiger partial charge in [0.05, 0.1) is 13.2 Å². The van der Waals surface area contributed by atoms with Crippen LogP contribution in [0.2, 0.25) is 0 Å². The van der Waals surface area contributed by atoms with Crippen LogP contribution in [-0.4, -0.2) is 44.2 Å². The Morgan fingerprint density at radius 2 is 2.18 bits per heavy atom. The van der Waals surface area contributed by atoms with Crippen molar-refractivity contribution < 1.29 is 18.7 Å². The molecule has 6 heteroatoms. The number of hydrogen-bond donors (Lipinski definition) is 1. The van der Waals surface area contributed by atoms with Crippen LogP contribution in [0.5, 0.6) is 11.5 Å². The molecule has 0 aromatic heterocycles.